The molecular weight excluding hydrogens is 230 g/mol. The van der Waals surface area contributed by atoms with E-state index in [1.165, 1.54) is 0 Å². The molecule has 1 N–H and O–H groups in total. The number of carboxylic acids is 1. The van der Waals surface area contributed by atoms with Gasteiger partial charge < -0.3 is 14.6 Å². The smallest absolute Gasteiger partial charge is 0.328 e. The fourth-order valence-electron chi connectivity index (χ4n) is 1.80. The Morgan fingerprint density at radius 3 is 2.72 bits per heavy atom. The van der Waals surface area contributed by atoms with E-state index in [4.69, 9.17) is 0 Å². The number of anilines is 1. The van der Waals surface area contributed by atoms with Gasteiger partial charge in [-0.3, -0.25) is 0 Å². The summed E-state index contributed by atoms with van der Waals surface area (Å²) < 4.78 is 1.93. The molecule has 0 unspecified atom stereocenters. The summed E-state index contributed by atoms with van der Waals surface area (Å²) in [7, 11) is 3.71. The second-order valence-electron chi connectivity index (χ2n) is 4.95. The SMILES string of the molecule is CN(c1ccc2c(c1)ncn2C)C(C)(C)C(=O)O. The maximum absolute atomic E-state index is 11.2. The zero-order valence-electron chi connectivity index (χ0n) is 11.0. The Hall–Kier alpha value is -2.04. The Bertz CT molecular complexity index is 601. The van der Waals surface area contributed by atoms with Gasteiger partial charge in [0.2, 0.25) is 0 Å². The van der Waals surface area contributed by atoms with Crippen molar-refractivity contribution in [3.05, 3.63) is 24.5 Å². The minimum Gasteiger partial charge on any atom is -0.480 e. The third-order valence-corrected chi connectivity index (χ3v) is 3.46. The molecule has 1 aromatic heterocycles. The van der Waals surface area contributed by atoms with Crippen LogP contribution < -0.4 is 4.90 Å². The molecule has 0 saturated carbocycles. The summed E-state index contributed by atoms with van der Waals surface area (Å²) in [4.78, 5) is 17.3. The van der Waals surface area contributed by atoms with Crippen molar-refractivity contribution in [3.63, 3.8) is 0 Å². The third kappa shape index (κ3) is 1.81. The van der Waals surface area contributed by atoms with Gasteiger partial charge in [-0.2, -0.15) is 0 Å². The molecule has 2 rings (SSSR count). The highest BCUT2D eigenvalue weighted by atomic mass is 16.4. The van der Waals surface area contributed by atoms with Gasteiger partial charge in [0, 0.05) is 19.8 Å². The molecule has 0 saturated heterocycles. The van der Waals surface area contributed by atoms with Crippen LogP contribution in [0, 0.1) is 0 Å². The lowest BCUT2D eigenvalue weighted by Crippen LogP contribution is -2.48. The highest BCUT2D eigenvalue weighted by Crippen LogP contribution is 2.25. The van der Waals surface area contributed by atoms with Crippen molar-refractivity contribution < 1.29 is 9.90 Å². The van der Waals surface area contributed by atoms with Gasteiger partial charge in [0.15, 0.2) is 0 Å². The van der Waals surface area contributed by atoms with Crippen molar-refractivity contribution in [3.8, 4) is 0 Å². The third-order valence-electron chi connectivity index (χ3n) is 3.46. The maximum Gasteiger partial charge on any atom is 0.328 e. The second kappa shape index (κ2) is 4.01. The van der Waals surface area contributed by atoms with Crippen LogP contribution in [0.1, 0.15) is 13.8 Å². The predicted molar refractivity (Wildman–Crippen MR) is 70.8 cm³/mol. The number of carboxylic acid groups (broad SMARTS) is 1. The van der Waals surface area contributed by atoms with Gasteiger partial charge in [-0.15, -0.1) is 0 Å². The number of imidazole rings is 1. The van der Waals surface area contributed by atoms with E-state index in [-0.39, 0.29) is 0 Å². The molecule has 96 valence electrons. The van der Waals surface area contributed by atoms with Gasteiger partial charge in [0.25, 0.3) is 0 Å². The van der Waals surface area contributed by atoms with Gasteiger partial charge in [-0.05, 0) is 32.0 Å². The number of hydrogen-bond acceptors (Lipinski definition) is 3. The van der Waals surface area contributed by atoms with Crippen molar-refractivity contribution in [2.24, 2.45) is 7.05 Å². The van der Waals surface area contributed by atoms with Gasteiger partial charge in [0.1, 0.15) is 5.54 Å². The molecule has 5 nitrogen and oxygen atoms in total. The molecule has 0 amide bonds. The van der Waals surface area contributed by atoms with Crippen LogP contribution >= 0.6 is 0 Å². The van der Waals surface area contributed by atoms with Crippen LogP contribution in [0.15, 0.2) is 24.5 Å². The van der Waals surface area contributed by atoms with E-state index in [9.17, 15) is 9.90 Å². The van der Waals surface area contributed by atoms with Crippen LogP contribution in [-0.2, 0) is 11.8 Å². The number of aromatic nitrogens is 2. The average Bonchev–Trinajstić information content (AvgIpc) is 2.69. The minimum atomic E-state index is -0.956. The van der Waals surface area contributed by atoms with Crippen molar-refractivity contribution in [1.29, 1.82) is 0 Å². The number of benzene rings is 1. The molecule has 18 heavy (non-hydrogen) atoms. The summed E-state index contributed by atoms with van der Waals surface area (Å²) in [6.07, 6.45) is 1.75. The molecule has 1 aromatic carbocycles. The van der Waals surface area contributed by atoms with Crippen molar-refractivity contribution in [2.45, 2.75) is 19.4 Å². The Balaban J connectivity index is 2.45. The molecule has 5 heteroatoms. The minimum absolute atomic E-state index is 0.841. The number of likely N-dealkylation sites (N-methyl/N-ethyl adjacent to an activating group) is 1. The Morgan fingerprint density at radius 2 is 2.11 bits per heavy atom. The molecule has 0 atom stereocenters. The van der Waals surface area contributed by atoms with E-state index < -0.39 is 11.5 Å². The van der Waals surface area contributed by atoms with Crippen LogP contribution in [0.3, 0.4) is 0 Å². The Kier molecular flexibility index (Phi) is 2.77. The summed E-state index contributed by atoms with van der Waals surface area (Å²) in [5, 5.41) is 9.23. The summed E-state index contributed by atoms with van der Waals surface area (Å²) in [5.74, 6) is -0.855. The van der Waals surface area contributed by atoms with Crippen LogP contribution in [0.25, 0.3) is 11.0 Å². The van der Waals surface area contributed by atoms with E-state index in [2.05, 4.69) is 4.98 Å². The van der Waals surface area contributed by atoms with E-state index in [1.54, 1.807) is 32.1 Å². The number of fused-ring (bicyclic) bond motifs is 1. The van der Waals surface area contributed by atoms with Gasteiger partial charge >= 0.3 is 5.97 Å². The summed E-state index contributed by atoms with van der Waals surface area (Å²) >= 11 is 0. The first-order valence-electron chi connectivity index (χ1n) is 5.72. The van der Waals surface area contributed by atoms with Crippen LogP contribution in [0.4, 0.5) is 5.69 Å². The average molecular weight is 247 g/mol. The monoisotopic (exact) mass is 247 g/mol. The first kappa shape index (κ1) is 12.4. The van der Waals surface area contributed by atoms with Crippen LogP contribution in [0.2, 0.25) is 0 Å². The fraction of sp³-hybridized carbons (Fsp3) is 0.385. The van der Waals surface area contributed by atoms with Crippen molar-refractivity contribution >= 4 is 22.7 Å². The number of rotatable bonds is 3. The lowest BCUT2D eigenvalue weighted by Gasteiger charge is -2.33. The standard InChI is InChI=1S/C13H17N3O2/c1-13(2,12(17)18)16(4)9-5-6-11-10(7-9)14-8-15(11)3/h5-8H,1-4H3,(H,17,18). The van der Waals surface area contributed by atoms with E-state index in [0.29, 0.717) is 0 Å². The molecule has 0 aliphatic heterocycles. The zero-order chi connectivity index (χ0) is 13.5. The number of aliphatic carboxylic acids is 1. The number of nitrogens with zero attached hydrogens (tertiary/aromatic N) is 3. The Morgan fingerprint density at radius 1 is 1.44 bits per heavy atom. The summed E-state index contributed by atoms with van der Waals surface area (Å²) in [5.41, 5.74) is 1.78. The predicted octanol–water partition coefficient (Wildman–Crippen LogP) is 1.87. The Labute approximate surface area is 106 Å². The quantitative estimate of drug-likeness (QED) is 0.899. The lowest BCUT2D eigenvalue weighted by molar-refractivity contribution is -0.142. The van der Waals surface area contributed by atoms with Crippen LogP contribution in [0.5, 0.6) is 0 Å². The molecule has 2 aromatic rings. The molecule has 0 bridgehead atoms. The summed E-state index contributed by atoms with van der Waals surface area (Å²) in [6, 6.07) is 5.76. The van der Waals surface area contributed by atoms with Gasteiger partial charge in [-0.25, -0.2) is 9.78 Å². The number of hydrogen-bond donors (Lipinski definition) is 1. The van der Waals surface area contributed by atoms with Gasteiger partial charge in [0.05, 0.1) is 17.4 Å². The first-order chi connectivity index (χ1) is 8.34. The molecular formula is C13H17N3O2. The van der Waals surface area contributed by atoms with E-state index in [1.807, 2.05) is 29.8 Å². The zero-order valence-corrected chi connectivity index (χ0v) is 11.0. The molecule has 0 fully saturated rings. The molecule has 0 aliphatic carbocycles. The first-order valence-corrected chi connectivity index (χ1v) is 5.72. The number of carbonyl (C=O) groups is 1. The second-order valence-corrected chi connectivity index (χ2v) is 4.95. The van der Waals surface area contributed by atoms with Crippen molar-refractivity contribution in [2.75, 3.05) is 11.9 Å². The molecule has 1 heterocycles. The van der Waals surface area contributed by atoms with Gasteiger partial charge in [-0.1, -0.05) is 0 Å². The highest BCUT2D eigenvalue weighted by molar-refractivity contribution is 5.85. The normalized spacial score (nSPS) is 11.8. The van der Waals surface area contributed by atoms with E-state index in [0.717, 1.165) is 16.7 Å². The molecule has 0 radical (unpaired) electrons. The highest BCUT2D eigenvalue weighted by Gasteiger charge is 2.32. The summed E-state index contributed by atoms with van der Waals surface area (Å²) in [6.45, 7) is 3.36. The number of aryl methyl sites for hydroxylation is 1. The fourth-order valence-corrected chi connectivity index (χ4v) is 1.80. The largest absolute Gasteiger partial charge is 0.480 e. The van der Waals surface area contributed by atoms with E-state index >= 15 is 0 Å². The van der Waals surface area contributed by atoms with Crippen molar-refractivity contribution in [1.82, 2.24) is 9.55 Å². The molecule has 0 aliphatic rings. The maximum atomic E-state index is 11.2. The topological polar surface area (TPSA) is 58.4 Å². The lowest BCUT2D eigenvalue weighted by atomic mass is 10.0. The van der Waals surface area contributed by atoms with Crippen LogP contribution in [-0.4, -0.2) is 33.2 Å². The molecule has 0 spiro atoms.